The monoisotopic (exact) mass is 338 g/mol. The first-order valence-corrected chi connectivity index (χ1v) is 9.60. The van der Waals surface area contributed by atoms with Gasteiger partial charge in [-0.05, 0) is 36.4 Å². The molecule has 2 rings (SSSR count). The number of para-hydroxylation sites is 2. The van der Waals surface area contributed by atoms with Gasteiger partial charge in [0.05, 0.1) is 17.6 Å². The summed E-state index contributed by atoms with van der Waals surface area (Å²) in [6.07, 6.45) is 3.10. The molecule has 7 heteroatoms. The number of carbonyl (C=O) groups excluding carboxylic acids is 1. The maximum atomic E-state index is 12.0. The molecule has 5 nitrogen and oxygen atoms in total. The van der Waals surface area contributed by atoms with Gasteiger partial charge in [-0.3, -0.25) is 9.52 Å². The molecule has 0 aliphatic rings. The van der Waals surface area contributed by atoms with Crippen molar-refractivity contribution in [2.24, 2.45) is 0 Å². The third-order valence-corrected chi connectivity index (χ3v) is 4.43. The Hall–Kier alpha value is -1.86. The zero-order valence-electron chi connectivity index (χ0n) is 12.2. The second-order valence-corrected chi connectivity index (χ2v) is 7.68. The van der Waals surface area contributed by atoms with Gasteiger partial charge >= 0.3 is 0 Å². The van der Waals surface area contributed by atoms with Crippen molar-refractivity contribution in [2.45, 2.75) is 19.3 Å². The number of thiophene rings is 1. The Kier molecular flexibility index (Phi) is 5.57. The van der Waals surface area contributed by atoms with Crippen LogP contribution >= 0.6 is 11.3 Å². The van der Waals surface area contributed by atoms with E-state index >= 15 is 0 Å². The van der Waals surface area contributed by atoms with Crippen molar-refractivity contribution in [3.8, 4) is 0 Å². The Morgan fingerprint density at radius 3 is 2.50 bits per heavy atom. The SMILES string of the molecule is CS(=O)(=O)Nc1ccccc1NC(=O)CCCc1cccs1. The van der Waals surface area contributed by atoms with Crippen LogP contribution < -0.4 is 10.0 Å². The minimum absolute atomic E-state index is 0.126. The maximum absolute atomic E-state index is 12.0. The summed E-state index contributed by atoms with van der Waals surface area (Å²) >= 11 is 1.68. The van der Waals surface area contributed by atoms with Gasteiger partial charge in [0.25, 0.3) is 0 Å². The first-order chi connectivity index (χ1) is 10.4. The van der Waals surface area contributed by atoms with Gasteiger partial charge in [0, 0.05) is 11.3 Å². The number of aryl methyl sites for hydroxylation is 1. The van der Waals surface area contributed by atoms with E-state index in [-0.39, 0.29) is 5.91 Å². The molecule has 1 heterocycles. The van der Waals surface area contributed by atoms with Crippen molar-refractivity contribution >= 4 is 38.6 Å². The summed E-state index contributed by atoms with van der Waals surface area (Å²) < 4.78 is 25.0. The van der Waals surface area contributed by atoms with Crippen LogP contribution in [0.2, 0.25) is 0 Å². The molecule has 0 fully saturated rings. The van der Waals surface area contributed by atoms with Gasteiger partial charge in [-0.2, -0.15) is 0 Å². The summed E-state index contributed by atoms with van der Waals surface area (Å²) in [7, 11) is -3.38. The van der Waals surface area contributed by atoms with E-state index in [4.69, 9.17) is 0 Å². The Morgan fingerprint density at radius 1 is 1.14 bits per heavy atom. The van der Waals surface area contributed by atoms with E-state index in [1.54, 1.807) is 35.6 Å². The molecule has 2 aromatic rings. The number of rotatable bonds is 7. The van der Waals surface area contributed by atoms with Gasteiger partial charge in [0.15, 0.2) is 0 Å². The number of anilines is 2. The minimum Gasteiger partial charge on any atom is -0.324 e. The summed E-state index contributed by atoms with van der Waals surface area (Å²) in [5.74, 6) is -0.126. The lowest BCUT2D eigenvalue weighted by Crippen LogP contribution is -2.15. The van der Waals surface area contributed by atoms with Crippen molar-refractivity contribution in [1.29, 1.82) is 0 Å². The van der Waals surface area contributed by atoms with Crippen LogP contribution in [0.4, 0.5) is 11.4 Å². The maximum Gasteiger partial charge on any atom is 0.229 e. The molecule has 0 aliphatic carbocycles. The predicted octanol–water partition coefficient (Wildman–Crippen LogP) is 3.08. The van der Waals surface area contributed by atoms with Crippen molar-refractivity contribution < 1.29 is 13.2 Å². The number of benzene rings is 1. The zero-order valence-corrected chi connectivity index (χ0v) is 13.8. The van der Waals surface area contributed by atoms with Crippen LogP contribution in [0.1, 0.15) is 17.7 Å². The van der Waals surface area contributed by atoms with Crippen LogP contribution in [-0.4, -0.2) is 20.6 Å². The van der Waals surface area contributed by atoms with Crippen LogP contribution in [0.5, 0.6) is 0 Å². The summed E-state index contributed by atoms with van der Waals surface area (Å²) in [6.45, 7) is 0. The molecule has 0 bridgehead atoms. The Balaban J connectivity index is 1.91. The van der Waals surface area contributed by atoms with E-state index in [1.165, 1.54) is 4.88 Å². The molecular weight excluding hydrogens is 320 g/mol. The van der Waals surface area contributed by atoms with Crippen molar-refractivity contribution in [1.82, 2.24) is 0 Å². The highest BCUT2D eigenvalue weighted by molar-refractivity contribution is 7.92. The second kappa shape index (κ2) is 7.42. The molecule has 118 valence electrons. The highest BCUT2D eigenvalue weighted by Gasteiger charge is 2.09. The summed E-state index contributed by atoms with van der Waals surface area (Å²) in [5.41, 5.74) is 0.839. The first-order valence-electron chi connectivity index (χ1n) is 6.83. The lowest BCUT2D eigenvalue weighted by atomic mass is 10.2. The quantitative estimate of drug-likeness (QED) is 0.814. The molecule has 0 saturated heterocycles. The molecule has 0 spiro atoms. The Bertz CT molecular complexity index is 725. The van der Waals surface area contributed by atoms with Gasteiger partial charge in [-0.1, -0.05) is 18.2 Å². The van der Waals surface area contributed by atoms with Crippen LogP contribution in [0.15, 0.2) is 41.8 Å². The fourth-order valence-electron chi connectivity index (χ4n) is 1.97. The molecule has 0 saturated carbocycles. The predicted molar refractivity (Wildman–Crippen MR) is 90.8 cm³/mol. The van der Waals surface area contributed by atoms with Crippen LogP contribution in [-0.2, 0) is 21.2 Å². The van der Waals surface area contributed by atoms with Crippen LogP contribution in [0.3, 0.4) is 0 Å². The topological polar surface area (TPSA) is 75.3 Å². The van der Waals surface area contributed by atoms with E-state index in [0.717, 1.165) is 19.1 Å². The number of carbonyl (C=O) groups is 1. The highest BCUT2D eigenvalue weighted by atomic mass is 32.2. The number of sulfonamides is 1. The van der Waals surface area contributed by atoms with E-state index < -0.39 is 10.0 Å². The van der Waals surface area contributed by atoms with Crippen LogP contribution in [0, 0.1) is 0 Å². The van der Waals surface area contributed by atoms with E-state index in [2.05, 4.69) is 10.0 Å². The first kappa shape index (κ1) is 16.5. The lowest BCUT2D eigenvalue weighted by Gasteiger charge is -2.11. The van der Waals surface area contributed by atoms with Gasteiger partial charge in [0.2, 0.25) is 15.9 Å². The molecule has 1 amide bonds. The molecule has 1 aromatic carbocycles. The Labute approximate surface area is 134 Å². The molecule has 1 aromatic heterocycles. The van der Waals surface area contributed by atoms with Crippen molar-refractivity contribution in [2.75, 3.05) is 16.3 Å². The third-order valence-electron chi connectivity index (χ3n) is 2.90. The highest BCUT2D eigenvalue weighted by Crippen LogP contribution is 2.22. The second-order valence-electron chi connectivity index (χ2n) is 4.90. The average molecular weight is 338 g/mol. The van der Waals surface area contributed by atoms with Gasteiger partial charge in [-0.15, -0.1) is 11.3 Å². The van der Waals surface area contributed by atoms with E-state index in [0.29, 0.717) is 17.8 Å². The van der Waals surface area contributed by atoms with Crippen molar-refractivity contribution in [3.63, 3.8) is 0 Å². The summed E-state index contributed by atoms with van der Waals surface area (Å²) in [5, 5.41) is 4.77. The number of hydrogen-bond donors (Lipinski definition) is 2. The summed E-state index contributed by atoms with van der Waals surface area (Å²) in [4.78, 5) is 13.2. The lowest BCUT2D eigenvalue weighted by molar-refractivity contribution is -0.116. The van der Waals surface area contributed by atoms with Gasteiger partial charge < -0.3 is 5.32 Å². The molecular formula is C15H18N2O3S2. The molecule has 0 aliphatic heterocycles. The standard InChI is InChI=1S/C15H18N2O3S2/c1-22(19,20)17-14-9-3-2-8-13(14)16-15(18)10-4-6-12-7-5-11-21-12/h2-3,5,7-9,11,17H,4,6,10H2,1H3,(H,16,18). The largest absolute Gasteiger partial charge is 0.324 e. The summed E-state index contributed by atoms with van der Waals surface area (Å²) in [6, 6.07) is 10.8. The zero-order chi connectivity index (χ0) is 16.0. The van der Waals surface area contributed by atoms with Crippen molar-refractivity contribution in [3.05, 3.63) is 46.7 Å². The smallest absolute Gasteiger partial charge is 0.229 e. The molecule has 0 radical (unpaired) electrons. The average Bonchev–Trinajstić information content (AvgIpc) is 2.92. The van der Waals surface area contributed by atoms with Crippen LogP contribution in [0.25, 0.3) is 0 Å². The fourth-order valence-corrected chi connectivity index (χ4v) is 3.30. The molecule has 22 heavy (non-hydrogen) atoms. The normalized spacial score (nSPS) is 11.1. The number of nitrogens with one attached hydrogen (secondary N) is 2. The molecule has 0 unspecified atom stereocenters. The minimum atomic E-state index is -3.38. The molecule has 0 atom stereocenters. The van der Waals surface area contributed by atoms with E-state index in [1.807, 2.05) is 17.5 Å². The van der Waals surface area contributed by atoms with Gasteiger partial charge in [0.1, 0.15) is 0 Å². The van der Waals surface area contributed by atoms with E-state index in [9.17, 15) is 13.2 Å². The third kappa shape index (κ3) is 5.50. The fraction of sp³-hybridized carbons (Fsp3) is 0.267. The van der Waals surface area contributed by atoms with Gasteiger partial charge in [-0.25, -0.2) is 8.42 Å². The number of hydrogen-bond acceptors (Lipinski definition) is 4. The molecule has 2 N–H and O–H groups in total. The Morgan fingerprint density at radius 2 is 1.86 bits per heavy atom. The number of amides is 1.